The third-order valence-electron chi connectivity index (χ3n) is 3.28. The van der Waals surface area contributed by atoms with E-state index in [-0.39, 0.29) is 0 Å². The first kappa shape index (κ1) is 6.97. The van der Waals surface area contributed by atoms with Crippen LogP contribution in [0.2, 0.25) is 0 Å². The topological polar surface area (TPSA) is 35.8 Å². The van der Waals surface area contributed by atoms with Gasteiger partial charge in [0.15, 0.2) is 6.19 Å². The minimum absolute atomic E-state index is 0.535. The van der Waals surface area contributed by atoms with Crippen molar-refractivity contribution >= 4 is 0 Å². The quantitative estimate of drug-likeness (QED) is 0.457. The Bertz CT molecular complexity index is 186. The molecular weight excluding hydrogens is 136 g/mol. The molecule has 0 heterocycles. The largest absolute Gasteiger partial charge is 0.320 e. The molecule has 1 atom stereocenters. The van der Waals surface area contributed by atoms with Gasteiger partial charge in [-0.05, 0) is 24.7 Å². The predicted octanol–water partition coefficient (Wildman–Crippen LogP) is 1.78. The van der Waals surface area contributed by atoms with E-state index in [1.165, 1.54) is 38.5 Å². The summed E-state index contributed by atoms with van der Waals surface area (Å²) < 4.78 is 0. The smallest absolute Gasteiger partial charge is 0.176 e. The molecule has 11 heavy (non-hydrogen) atoms. The summed E-state index contributed by atoms with van der Waals surface area (Å²) in [4.78, 5) is 0. The molecule has 2 nitrogen and oxygen atoms in total. The summed E-state index contributed by atoms with van der Waals surface area (Å²) in [6.45, 7) is 0. The average molecular weight is 150 g/mol. The molecule has 0 bridgehead atoms. The van der Waals surface area contributed by atoms with Crippen LogP contribution >= 0.6 is 0 Å². The van der Waals surface area contributed by atoms with E-state index >= 15 is 0 Å². The molecule has 1 unspecified atom stereocenters. The van der Waals surface area contributed by atoms with Crippen molar-refractivity contribution in [2.45, 2.75) is 44.6 Å². The van der Waals surface area contributed by atoms with Crippen molar-refractivity contribution in [3.8, 4) is 6.19 Å². The molecule has 1 spiro atoms. The van der Waals surface area contributed by atoms with Gasteiger partial charge in [-0.25, -0.2) is 0 Å². The lowest BCUT2D eigenvalue weighted by Crippen LogP contribution is -2.20. The third kappa shape index (κ3) is 1.09. The van der Waals surface area contributed by atoms with Crippen LogP contribution in [0.4, 0.5) is 0 Å². The molecule has 0 radical (unpaired) electrons. The molecule has 0 aromatic rings. The van der Waals surface area contributed by atoms with Crippen LogP contribution in [0.15, 0.2) is 0 Å². The number of nitrogens with zero attached hydrogens (tertiary/aromatic N) is 1. The van der Waals surface area contributed by atoms with E-state index in [4.69, 9.17) is 5.26 Å². The molecule has 60 valence electrons. The molecule has 2 rings (SSSR count). The van der Waals surface area contributed by atoms with Crippen molar-refractivity contribution in [2.24, 2.45) is 5.41 Å². The van der Waals surface area contributed by atoms with Gasteiger partial charge in [0.05, 0.1) is 0 Å². The fourth-order valence-electron chi connectivity index (χ4n) is 2.44. The van der Waals surface area contributed by atoms with Gasteiger partial charge in [-0.1, -0.05) is 19.3 Å². The van der Waals surface area contributed by atoms with Gasteiger partial charge in [0.2, 0.25) is 0 Å². The summed E-state index contributed by atoms with van der Waals surface area (Å²) in [7, 11) is 0. The fourth-order valence-corrected chi connectivity index (χ4v) is 2.44. The lowest BCUT2D eigenvalue weighted by Gasteiger charge is -2.21. The highest BCUT2D eigenvalue weighted by molar-refractivity contribution is 5.10. The summed E-state index contributed by atoms with van der Waals surface area (Å²) in [6.07, 6.45) is 10.2. The van der Waals surface area contributed by atoms with Crippen LogP contribution in [0, 0.1) is 16.9 Å². The number of nitrogens with one attached hydrogen (secondary N) is 1. The van der Waals surface area contributed by atoms with Crippen molar-refractivity contribution < 1.29 is 0 Å². The minimum Gasteiger partial charge on any atom is -0.320 e. The highest BCUT2D eigenvalue weighted by Crippen LogP contribution is 2.56. The van der Waals surface area contributed by atoms with Crippen molar-refractivity contribution in [3.05, 3.63) is 0 Å². The fraction of sp³-hybridized carbons (Fsp3) is 0.889. The second-order valence-electron chi connectivity index (χ2n) is 3.94. The van der Waals surface area contributed by atoms with E-state index in [2.05, 4.69) is 11.5 Å². The Morgan fingerprint density at radius 2 is 2.00 bits per heavy atom. The molecule has 2 heteroatoms. The number of rotatable bonds is 1. The monoisotopic (exact) mass is 150 g/mol. The molecule has 2 fully saturated rings. The predicted molar refractivity (Wildman–Crippen MR) is 42.7 cm³/mol. The van der Waals surface area contributed by atoms with E-state index in [1.54, 1.807) is 0 Å². The lowest BCUT2D eigenvalue weighted by molar-refractivity contribution is 0.320. The summed E-state index contributed by atoms with van der Waals surface area (Å²) in [5.41, 5.74) is 0.563. The normalized spacial score (nSPS) is 32.8. The van der Waals surface area contributed by atoms with Gasteiger partial charge in [-0.2, -0.15) is 5.26 Å². The van der Waals surface area contributed by atoms with E-state index in [1.807, 2.05) is 0 Å². The Morgan fingerprint density at radius 3 is 2.64 bits per heavy atom. The molecule has 0 aliphatic heterocycles. The van der Waals surface area contributed by atoms with Gasteiger partial charge in [0.1, 0.15) is 0 Å². The van der Waals surface area contributed by atoms with Crippen molar-refractivity contribution in [1.29, 1.82) is 5.26 Å². The van der Waals surface area contributed by atoms with E-state index in [0.29, 0.717) is 11.5 Å². The van der Waals surface area contributed by atoms with Crippen LogP contribution in [0.25, 0.3) is 0 Å². The van der Waals surface area contributed by atoms with Crippen molar-refractivity contribution in [2.75, 3.05) is 0 Å². The lowest BCUT2D eigenvalue weighted by atomic mass is 9.86. The van der Waals surface area contributed by atoms with Crippen LogP contribution in [-0.2, 0) is 0 Å². The van der Waals surface area contributed by atoms with Gasteiger partial charge in [-0.15, -0.1) is 0 Å². The summed E-state index contributed by atoms with van der Waals surface area (Å²) in [6, 6.07) is 0.535. The number of nitriles is 1. The summed E-state index contributed by atoms with van der Waals surface area (Å²) in [5, 5.41) is 11.3. The van der Waals surface area contributed by atoms with E-state index in [9.17, 15) is 0 Å². The Hall–Kier alpha value is -0.710. The first-order valence-electron chi connectivity index (χ1n) is 4.52. The zero-order valence-electron chi connectivity index (χ0n) is 6.77. The molecular formula is C9H14N2. The second-order valence-corrected chi connectivity index (χ2v) is 3.94. The Morgan fingerprint density at radius 1 is 1.27 bits per heavy atom. The molecule has 1 N–H and O–H groups in total. The maximum Gasteiger partial charge on any atom is 0.176 e. The maximum absolute atomic E-state index is 8.43. The SMILES string of the molecule is N#CNC1CC12CCCCC2. The van der Waals surface area contributed by atoms with Crippen LogP contribution in [0.3, 0.4) is 0 Å². The number of hydrogen-bond acceptors (Lipinski definition) is 2. The third-order valence-corrected chi connectivity index (χ3v) is 3.28. The molecule has 2 saturated carbocycles. The molecule has 0 aromatic carbocycles. The molecule has 0 amide bonds. The summed E-state index contributed by atoms with van der Waals surface area (Å²) >= 11 is 0. The van der Waals surface area contributed by atoms with E-state index < -0.39 is 0 Å². The Kier molecular flexibility index (Phi) is 1.52. The average Bonchev–Trinajstić information content (AvgIpc) is 2.66. The molecule has 0 saturated heterocycles. The van der Waals surface area contributed by atoms with Crippen molar-refractivity contribution in [1.82, 2.24) is 5.32 Å². The first-order valence-corrected chi connectivity index (χ1v) is 4.52. The minimum atomic E-state index is 0.535. The van der Waals surface area contributed by atoms with Gasteiger partial charge in [0, 0.05) is 6.04 Å². The molecule has 2 aliphatic carbocycles. The number of hydrogen-bond donors (Lipinski definition) is 1. The van der Waals surface area contributed by atoms with Crippen LogP contribution in [0.5, 0.6) is 0 Å². The van der Waals surface area contributed by atoms with Gasteiger partial charge >= 0.3 is 0 Å². The Labute approximate surface area is 67.6 Å². The standard InChI is InChI=1S/C9H14N2/c10-7-11-8-6-9(8)4-2-1-3-5-9/h8,11H,1-6H2. The van der Waals surface area contributed by atoms with Gasteiger partial charge < -0.3 is 5.32 Å². The maximum atomic E-state index is 8.43. The van der Waals surface area contributed by atoms with Crippen LogP contribution in [0.1, 0.15) is 38.5 Å². The van der Waals surface area contributed by atoms with Crippen molar-refractivity contribution in [3.63, 3.8) is 0 Å². The van der Waals surface area contributed by atoms with Gasteiger partial charge in [0.25, 0.3) is 0 Å². The highest BCUT2D eigenvalue weighted by Gasteiger charge is 2.53. The van der Waals surface area contributed by atoms with Crippen LogP contribution < -0.4 is 5.32 Å². The highest BCUT2D eigenvalue weighted by atomic mass is 15.0. The molecule has 0 aromatic heterocycles. The van der Waals surface area contributed by atoms with Crippen LogP contribution in [-0.4, -0.2) is 6.04 Å². The zero-order chi connectivity index (χ0) is 7.73. The van der Waals surface area contributed by atoms with Gasteiger partial charge in [-0.3, -0.25) is 0 Å². The van der Waals surface area contributed by atoms with E-state index in [0.717, 1.165) is 0 Å². The first-order chi connectivity index (χ1) is 5.37. The second kappa shape index (κ2) is 2.41. The zero-order valence-corrected chi connectivity index (χ0v) is 6.77. The molecule has 2 aliphatic rings. The summed E-state index contributed by atoms with van der Waals surface area (Å²) in [5.74, 6) is 0. The Balaban J connectivity index is 1.90.